The largest absolute Gasteiger partial charge is 0.469 e. The lowest BCUT2D eigenvalue weighted by Gasteiger charge is -2.17. The molecule has 3 atom stereocenters. The molecule has 0 radical (unpaired) electrons. The van der Waals surface area contributed by atoms with Crippen LogP contribution >= 0.6 is 0 Å². The zero-order valence-electron chi connectivity index (χ0n) is 20.1. The van der Waals surface area contributed by atoms with E-state index in [2.05, 4.69) is 11.7 Å². The van der Waals surface area contributed by atoms with Gasteiger partial charge in [-0.3, -0.25) is 14.4 Å². The molecular weight excluding hydrogens is 412 g/mol. The lowest BCUT2D eigenvalue weighted by molar-refractivity contribution is -0.144. The Morgan fingerprint density at radius 3 is 2.41 bits per heavy atom. The van der Waals surface area contributed by atoms with Crippen LogP contribution in [0.25, 0.3) is 0 Å². The van der Waals surface area contributed by atoms with Crippen LogP contribution in [0.1, 0.15) is 91.4 Å². The van der Waals surface area contributed by atoms with Crippen molar-refractivity contribution in [3.63, 3.8) is 0 Å². The molecule has 0 unspecified atom stereocenters. The quantitative estimate of drug-likeness (QED) is 0.165. The van der Waals surface area contributed by atoms with Crippen molar-refractivity contribution in [2.75, 3.05) is 7.11 Å². The highest BCUT2D eigenvalue weighted by Crippen LogP contribution is 2.37. The highest BCUT2D eigenvalue weighted by atomic mass is 16.5. The number of unbranched alkanes of at least 4 members (excludes halogenated alkanes) is 5. The van der Waals surface area contributed by atoms with Crippen LogP contribution in [0.15, 0.2) is 23.5 Å². The maximum Gasteiger partial charge on any atom is 0.307 e. The minimum absolute atomic E-state index is 0.199. The first-order valence-electron chi connectivity index (χ1n) is 11.8. The zero-order valence-corrected chi connectivity index (χ0v) is 20.1. The van der Waals surface area contributed by atoms with Gasteiger partial charge in [0.2, 0.25) is 0 Å². The molecule has 0 aromatic rings. The standard InChI is InChI=1S/C25H40O7/c1-5-6-9-12-20(31-18(2)26)15-16-21-22(24(17-23(21)28)32-19(3)27)13-10-7-8-11-14-25(29)30-4/h15-16,20-21,23,28H,5-14,17H2,1-4H3/b16-15+/t20-,21-,23-/m1/s1. The molecule has 0 aliphatic heterocycles. The number of rotatable bonds is 15. The summed E-state index contributed by atoms with van der Waals surface area (Å²) in [6.45, 7) is 4.88. The van der Waals surface area contributed by atoms with Crippen LogP contribution in [0.5, 0.6) is 0 Å². The molecule has 0 bridgehead atoms. The molecule has 1 aliphatic rings. The average Bonchev–Trinajstić information content (AvgIpc) is 3.01. The first-order chi connectivity index (χ1) is 15.3. The van der Waals surface area contributed by atoms with E-state index in [1.807, 2.05) is 12.2 Å². The third-order valence-corrected chi connectivity index (χ3v) is 5.58. The van der Waals surface area contributed by atoms with E-state index >= 15 is 0 Å². The maximum absolute atomic E-state index is 11.5. The van der Waals surface area contributed by atoms with E-state index in [-0.39, 0.29) is 24.0 Å². The van der Waals surface area contributed by atoms with Crippen LogP contribution in [0, 0.1) is 5.92 Å². The predicted molar refractivity (Wildman–Crippen MR) is 121 cm³/mol. The second-order valence-electron chi connectivity index (χ2n) is 8.36. The van der Waals surface area contributed by atoms with Gasteiger partial charge in [-0.1, -0.05) is 38.7 Å². The molecule has 0 saturated heterocycles. The first kappa shape index (κ1) is 27.9. The molecule has 1 N–H and O–H groups in total. The van der Waals surface area contributed by atoms with Gasteiger partial charge in [0.05, 0.1) is 13.2 Å². The number of esters is 3. The third kappa shape index (κ3) is 10.9. The zero-order chi connectivity index (χ0) is 23.9. The van der Waals surface area contributed by atoms with E-state index < -0.39 is 12.1 Å². The first-order valence-corrected chi connectivity index (χ1v) is 11.8. The Balaban J connectivity index is 2.80. The number of ether oxygens (including phenoxy) is 3. The molecule has 7 nitrogen and oxygen atoms in total. The van der Waals surface area contributed by atoms with Crippen molar-refractivity contribution in [2.24, 2.45) is 5.92 Å². The Morgan fingerprint density at radius 1 is 1.06 bits per heavy atom. The van der Waals surface area contributed by atoms with Gasteiger partial charge in [0, 0.05) is 32.6 Å². The third-order valence-electron chi connectivity index (χ3n) is 5.58. The average molecular weight is 453 g/mol. The number of aliphatic hydroxyl groups is 1. The molecule has 0 amide bonds. The van der Waals surface area contributed by atoms with Crippen molar-refractivity contribution >= 4 is 17.9 Å². The van der Waals surface area contributed by atoms with E-state index in [0.29, 0.717) is 25.0 Å². The number of carbonyl (C=O) groups excluding carboxylic acids is 3. The molecule has 0 heterocycles. The second kappa shape index (κ2) is 15.6. The molecule has 0 fully saturated rings. The van der Waals surface area contributed by atoms with Crippen molar-refractivity contribution in [1.29, 1.82) is 0 Å². The number of methoxy groups -OCH3 is 1. The summed E-state index contributed by atoms with van der Waals surface area (Å²) in [6, 6.07) is 0. The Kier molecular flexibility index (Phi) is 13.6. The maximum atomic E-state index is 11.5. The summed E-state index contributed by atoms with van der Waals surface area (Å²) < 4.78 is 15.5. The van der Waals surface area contributed by atoms with Crippen LogP contribution in [0.2, 0.25) is 0 Å². The molecule has 1 aliphatic carbocycles. The summed E-state index contributed by atoms with van der Waals surface area (Å²) in [4.78, 5) is 34.2. The molecule has 1 rings (SSSR count). The van der Waals surface area contributed by atoms with Crippen molar-refractivity contribution in [1.82, 2.24) is 0 Å². The summed E-state index contributed by atoms with van der Waals surface area (Å²) >= 11 is 0. The van der Waals surface area contributed by atoms with Gasteiger partial charge in [-0.15, -0.1) is 0 Å². The SMILES string of the molecule is CCCCC[C@H](/C=C/[C@@H]1C(CCCCCCC(=O)OC)=C(OC(C)=O)C[C@H]1O)OC(C)=O. The molecular formula is C25H40O7. The van der Waals surface area contributed by atoms with E-state index in [1.165, 1.54) is 21.0 Å². The lowest BCUT2D eigenvalue weighted by Crippen LogP contribution is -2.17. The molecule has 0 saturated carbocycles. The van der Waals surface area contributed by atoms with Crippen molar-refractivity contribution < 1.29 is 33.7 Å². The van der Waals surface area contributed by atoms with Crippen LogP contribution < -0.4 is 0 Å². The minimum Gasteiger partial charge on any atom is -0.469 e. The number of carbonyl (C=O) groups is 3. The van der Waals surface area contributed by atoms with E-state index in [9.17, 15) is 19.5 Å². The summed E-state index contributed by atoms with van der Waals surface area (Å²) in [6.07, 6.45) is 11.5. The van der Waals surface area contributed by atoms with Crippen molar-refractivity contribution in [3.8, 4) is 0 Å². The molecule has 32 heavy (non-hydrogen) atoms. The highest BCUT2D eigenvalue weighted by Gasteiger charge is 2.33. The monoisotopic (exact) mass is 452 g/mol. The Bertz CT molecular complexity index is 665. The van der Waals surface area contributed by atoms with E-state index in [4.69, 9.17) is 9.47 Å². The molecule has 0 aromatic carbocycles. The van der Waals surface area contributed by atoms with Crippen molar-refractivity contribution in [2.45, 2.75) is 104 Å². The van der Waals surface area contributed by atoms with Gasteiger partial charge in [-0.05, 0) is 43.8 Å². The fraction of sp³-hybridized carbons (Fsp3) is 0.720. The van der Waals surface area contributed by atoms with Gasteiger partial charge in [0.25, 0.3) is 0 Å². The van der Waals surface area contributed by atoms with Crippen LogP contribution in [0.4, 0.5) is 0 Å². The summed E-state index contributed by atoms with van der Waals surface area (Å²) in [5, 5.41) is 10.6. The molecule has 7 heteroatoms. The highest BCUT2D eigenvalue weighted by molar-refractivity contribution is 5.69. The Morgan fingerprint density at radius 2 is 1.78 bits per heavy atom. The van der Waals surface area contributed by atoms with Crippen LogP contribution in [-0.4, -0.2) is 42.3 Å². The summed E-state index contributed by atoms with van der Waals surface area (Å²) in [7, 11) is 1.39. The molecule has 0 spiro atoms. The second-order valence-corrected chi connectivity index (χ2v) is 8.36. The number of hydrogen-bond donors (Lipinski definition) is 1. The Labute approximate surface area is 192 Å². The minimum atomic E-state index is -0.677. The number of hydrogen-bond acceptors (Lipinski definition) is 7. The molecule has 182 valence electrons. The fourth-order valence-electron chi connectivity index (χ4n) is 3.98. The van der Waals surface area contributed by atoms with Gasteiger partial charge in [-0.25, -0.2) is 0 Å². The smallest absolute Gasteiger partial charge is 0.307 e. The molecule has 0 aromatic heterocycles. The number of aliphatic hydroxyl groups excluding tert-OH is 1. The normalized spacial score (nSPS) is 19.3. The topological polar surface area (TPSA) is 99.1 Å². The van der Waals surface area contributed by atoms with Crippen molar-refractivity contribution in [3.05, 3.63) is 23.5 Å². The Hall–Kier alpha value is -2.15. The van der Waals surface area contributed by atoms with Gasteiger partial charge in [0.15, 0.2) is 0 Å². The van der Waals surface area contributed by atoms with Gasteiger partial charge < -0.3 is 19.3 Å². The van der Waals surface area contributed by atoms with Gasteiger partial charge in [-0.2, -0.15) is 0 Å². The predicted octanol–water partition coefficient (Wildman–Crippen LogP) is 4.77. The fourth-order valence-corrected chi connectivity index (χ4v) is 3.98. The summed E-state index contributed by atoms with van der Waals surface area (Å²) in [5.74, 6) is -0.653. The van der Waals surface area contributed by atoms with E-state index in [1.54, 1.807) is 0 Å². The van der Waals surface area contributed by atoms with Crippen LogP contribution in [0.3, 0.4) is 0 Å². The van der Waals surface area contributed by atoms with E-state index in [0.717, 1.165) is 56.9 Å². The van der Waals surface area contributed by atoms with Crippen LogP contribution in [-0.2, 0) is 28.6 Å². The summed E-state index contributed by atoms with van der Waals surface area (Å²) in [5.41, 5.74) is 0.923. The lowest BCUT2D eigenvalue weighted by atomic mass is 9.93. The van der Waals surface area contributed by atoms with Gasteiger partial charge >= 0.3 is 17.9 Å². The van der Waals surface area contributed by atoms with Gasteiger partial charge in [0.1, 0.15) is 11.9 Å².